The molecule has 2 rings (SSSR count). The van der Waals surface area contributed by atoms with E-state index < -0.39 is 33.5 Å². The summed E-state index contributed by atoms with van der Waals surface area (Å²) in [7, 11) is 0. The zero-order chi connectivity index (χ0) is 12.1. The molecule has 2 aliphatic heterocycles. The van der Waals surface area contributed by atoms with Crippen molar-refractivity contribution in [3.8, 4) is 0 Å². The first-order valence-corrected chi connectivity index (χ1v) is 5.69. The van der Waals surface area contributed by atoms with Crippen molar-refractivity contribution in [2.75, 3.05) is 0 Å². The standard InChI is InChI=1S/C7H8BrClN4O3/c1-6-3(14)10-4(15)12-7(6,2(8)9)13-5(16)11-6/h2H,1H3,(H2,11,13,16)(H2,10,12,14,15). The van der Waals surface area contributed by atoms with Crippen LogP contribution in [0.25, 0.3) is 0 Å². The molecule has 0 aromatic heterocycles. The van der Waals surface area contributed by atoms with Gasteiger partial charge in [-0.3, -0.25) is 10.1 Å². The summed E-state index contributed by atoms with van der Waals surface area (Å²) < 4.78 is -0.848. The fraction of sp³-hybridized carbons (Fsp3) is 0.571. The molecule has 0 aliphatic carbocycles. The molecule has 0 saturated carbocycles. The van der Waals surface area contributed by atoms with E-state index in [1.54, 1.807) is 0 Å². The Morgan fingerprint density at radius 1 is 1.19 bits per heavy atom. The number of alkyl halides is 2. The minimum Gasteiger partial charge on any atom is -0.320 e. The van der Waals surface area contributed by atoms with E-state index in [1.165, 1.54) is 6.92 Å². The van der Waals surface area contributed by atoms with Crippen molar-refractivity contribution in [2.45, 2.75) is 22.4 Å². The molecule has 7 nitrogen and oxygen atoms in total. The molecule has 0 radical (unpaired) electrons. The van der Waals surface area contributed by atoms with Gasteiger partial charge in [0.05, 0.1) is 0 Å². The number of fused-ring (bicyclic) bond motifs is 1. The van der Waals surface area contributed by atoms with E-state index in [1.807, 2.05) is 0 Å². The number of hydrogen-bond acceptors (Lipinski definition) is 3. The molecule has 5 amide bonds. The van der Waals surface area contributed by atoms with Gasteiger partial charge in [-0.1, -0.05) is 15.9 Å². The SMILES string of the molecule is CC12NC(=O)NC1(C(Cl)Br)NC(=O)NC2=O. The molecule has 2 heterocycles. The zero-order valence-corrected chi connectivity index (χ0v) is 10.4. The normalized spacial score (nSPS) is 39.1. The van der Waals surface area contributed by atoms with E-state index >= 15 is 0 Å². The third-order valence-electron chi connectivity index (χ3n) is 2.78. The molecule has 0 bridgehead atoms. The first-order chi connectivity index (χ1) is 7.32. The van der Waals surface area contributed by atoms with E-state index in [2.05, 4.69) is 37.2 Å². The van der Waals surface area contributed by atoms with Crippen LogP contribution >= 0.6 is 27.5 Å². The number of carbonyl (C=O) groups excluding carboxylic acids is 3. The minimum absolute atomic E-state index is 0.579. The maximum Gasteiger partial charge on any atom is 0.323 e. The van der Waals surface area contributed by atoms with Gasteiger partial charge in [-0.25, -0.2) is 9.59 Å². The molecule has 0 aromatic rings. The molecule has 9 heteroatoms. The molecular formula is C7H8BrClN4O3. The number of halogens is 2. The lowest BCUT2D eigenvalue weighted by Gasteiger charge is -2.45. The molecular weight excluding hydrogens is 303 g/mol. The summed E-state index contributed by atoms with van der Waals surface area (Å²) in [6.45, 7) is 1.47. The third-order valence-corrected chi connectivity index (χ3v) is 3.80. The molecule has 4 N–H and O–H groups in total. The summed E-state index contributed by atoms with van der Waals surface area (Å²) in [6.07, 6.45) is 0. The molecule has 3 unspecified atom stereocenters. The summed E-state index contributed by atoms with van der Waals surface area (Å²) in [4.78, 5) is 34.4. The van der Waals surface area contributed by atoms with Crippen molar-refractivity contribution in [2.24, 2.45) is 0 Å². The number of carbonyl (C=O) groups is 3. The molecule has 0 aromatic carbocycles. The van der Waals surface area contributed by atoms with Gasteiger partial charge in [0.25, 0.3) is 5.91 Å². The molecule has 0 spiro atoms. The molecule has 3 atom stereocenters. The Morgan fingerprint density at radius 2 is 1.75 bits per heavy atom. The number of hydrogen-bond donors (Lipinski definition) is 4. The molecule has 2 saturated heterocycles. The van der Waals surface area contributed by atoms with Crippen molar-refractivity contribution in [1.29, 1.82) is 0 Å². The fourth-order valence-corrected chi connectivity index (χ4v) is 2.83. The predicted octanol–water partition coefficient (Wildman–Crippen LogP) is -0.447. The van der Waals surface area contributed by atoms with E-state index in [4.69, 9.17) is 11.6 Å². The van der Waals surface area contributed by atoms with Gasteiger partial charge >= 0.3 is 12.1 Å². The lowest BCUT2D eigenvalue weighted by atomic mass is 9.86. The third kappa shape index (κ3) is 1.23. The van der Waals surface area contributed by atoms with Crippen molar-refractivity contribution in [3.05, 3.63) is 0 Å². The quantitative estimate of drug-likeness (QED) is 0.494. The van der Waals surface area contributed by atoms with Gasteiger partial charge in [0.2, 0.25) is 0 Å². The van der Waals surface area contributed by atoms with Crippen molar-refractivity contribution < 1.29 is 14.4 Å². The fourth-order valence-electron chi connectivity index (χ4n) is 1.82. The van der Waals surface area contributed by atoms with Crippen LogP contribution in [0, 0.1) is 0 Å². The molecule has 16 heavy (non-hydrogen) atoms. The number of urea groups is 2. The lowest BCUT2D eigenvalue weighted by molar-refractivity contribution is -0.129. The largest absolute Gasteiger partial charge is 0.323 e. The van der Waals surface area contributed by atoms with Gasteiger partial charge < -0.3 is 16.0 Å². The summed E-state index contributed by atoms with van der Waals surface area (Å²) in [5.74, 6) is -0.625. The van der Waals surface area contributed by atoms with Gasteiger partial charge in [0.1, 0.15) is 4.29 Å². The van der Waals surface area contributed by atoms with Crippen LogP contribution in [0.15, 0.2) is 0 Å². The highest BCUT2D eigenvalue weighted by Crippen LogP contribution is 2.35. The number of nitrogens with one attached hydrogen (secondary N) is 4. The van der Waals surface area contributed by atoms with Crippen LogP contribution in [0.4, 0.5) is 9.59 Å². The lowest BCUT2D eigenvalue weighted by Crippen LogP contribution is -2.81. The van der Waals surface area contributed by atoms with Crippen LogP contribution in [0.2, 0.25) is 0 Å². The summed E-state index contributed by atoms with van der Waals surface area (Å²) in [5.41, 5.74) is -2.75. The van der Waals surface area contributed by atoms with Gasteiger partial charge in [-0.05, 0) is 6.92 Å². The molecule has 2 aliphatic rings. The Bertz CT molecular complexity index is 403. The second-order valence-corrected chi connectivity index (χ2v) is 5.60. The highest BCUT2D eigenvalue weighted by molar-refractivity contribution is 9.10. The number of imide groups is 1. The average Bonchev–Trinajstić information content (AvgIpc) is 2.39. The van der Waals surface area contributed by atoms with Crippen molar-refractivity contribution in [1.82, 2.24) is 21.3 Å². The smallest absolute Gasteiger partial charge is 0.320 e. The number of rotatable bonds is 1. The van der Waals surface area contributed by atoms with Crippen LogP contribution in [-0.2, 0) is 4.79 Å². The van der Waals surface area contributed by atoms with Crippen LogP contribution in [-0.4, -0.2) is 33.5 Å². The first-order valence-electron chi connectivity index (χ1n) is 4.34. The Hall–Kier alpha value is -1.02. The van der Waals surface area contributed by atoms with E-state index in [0.29, 0.717) is 0 Å². The zero-order valence-electron chi connectivity index (χ0n) is 8.06. The maximum absolute atomic E-state index is 11.8. The first kappa shape index (κ1) is 11.5. The Morgan fingerprint density at radius 3 is 2.31 bits per heavy atom. The van der Waals surface area contributed by atoms with Crippen molar-refractivity contribution in [3.63, 3.8) is 0 Å². The summed E-state index contributed by atoms with van der Waals surface area (Å²) in [5, 5.41) is 9.40. The predicted molar refractivity (Wildman–Crippen MR) is 58.0 cm³/mol. The van der Waals surface area contributed by atoms with Crippen LogP contribution < -0.4 is 21.3 Å². The topological polar surface area (TPSA) is 99.3 Å². The Labute approximate surface area is 104 Å². The molecule has 2 fully saturated rings. The van der Waals surface area contributed by atoms with Crippen LogP contribution in [0.3, 0.4) is 0 Å². The minimum atomic E-state index is -1.40. The van der Waals surface area contributed by atoms with E-state index in [9.17, 15) is 14.4 Å². The second kappa shape index (κ2) is 3.24. The molecule has 88 valence electrons. The van der Waals surface area contributed by atoms with E-state index in [-0.39, 0.29) is 0 Å². The van der Waals surface area contributed by atoms with Gasteiger partial charge in [0.15, 0.2) is 11.2 Å². The maximum atomic E-state index is 11.8. The van der Waals surface area contributed by atoms with E-state index in [0.717, 1.165) is 0 Å². The highest BCUT2D eigenvalue weighted by atomic mass is 79.9. The van der Waals surface area contributed by atoms with Gasteiger partial charge in [0, 0.05) is 0 Å². The van der Waals surface area contributed by atoms with Gasteiger partial charge in [-0.2, -0.15) is 0 Å². The highest BCUT2D eigenvalue weighted by Gasteiger charge is 2.66. The average molecular weight is 312 g/mol. The summed E-state index contributed by atoms with van der Waals surface area (Å²) in [6, 6.07) is -1.29. The monoisotopic (exact) mass is 310 g/mol. The van der Waals surface area contributed by atoms with Crippen LogP contribution in [0.5, 0.6) is 0 Å². The van der Waals surface area contributed by atoms with Crippen molar-refractivity contribution >= 4 is 45.5 Å². The Balaban J connectivity index is 2.54. The number of amides is 5. The van der Waals surface area contributed by atoms with Gasteiger partial charge in [-0.15, -0.1) is 11.6 Å². The Kier molecular flexibility index (Phi) is 2.32. The second-order valence-electron chi connectivity index (χ2n) is 3.72. The van der Waals surface area contributed by atoms with Crippen LogP contribution in [0.1, 0.15) is 6.92 Å². The summed E-state index contributed by atoms with van der Waals surface area (Å²) >= 11 is 8.97.